The number of amides is 3. The second-order valence-corrected chi connectivity index (χ2v) is 9.62. The van der Waals surface area contributed by atoms with Crippen molar-refractivity contribution in [3.8, 4) is 0 Å². The fourth-order valence-electron chi connectivity index (χ4n) is 3.35. The lowest BCUT2D eigenvalue weighted by Crippen LogP contribution is -2.57. The number of hydrogen-bond acceptors (Lipinski definition) is 7. The van der Waals surface area contributed by atoms with Crippen LogP contribution in [0.25, 0.3) is 0 Å². The fourth-order valence-corrected chi connectivity index (χ4v) is 3.35. The second kappa shape index (κ2) is 11.8. The molecule has 186 valence electrons. The number of carbonyl (C=O) groups excluding carboxylic acids is 3. The van der Waals surface area contributed by atoms with Crippen molar-refractivity contribution in [2.45, 2.75) is 58.3 Å². The highest BCUT2D eigenvalue weighted by atomic mass is 16.6. The Balaban J connectivity index is 2.20. The fraction of sp³-hybridized carbons (Fsp3) is 0.565. The molecule has 10 nitrogen and oxygen atoms in total. The van der Waals surface area contributed by atoms with Gasteiger partial charge in [0.1, 0.15) is 31.4 Å². The molecular weight excluding hydrogens is 437 g/mol. The average molecular weight is 473 g/mol. The lowest BCUT2D eigenvalue weighted by molar-refractivity contribution is -0.124. The van der Waals surface area contributed by atoms with Gasteiger partial charge in [0.05, 0.1) is 13.2 Å². The van der Waals surface area contributed by atoms with E-state index in [9.17, 15) is 14.4 Å². The molecule has 3 atom stereocenters. The molecule has 0 radical (unpaired) electrons. The summed E-state index contributed by atoms with van der Waals surface area (Å²) in [5.41, 5.74) is 1.55. The van der Waals surface area contributed by atoms with Gasteiger partial charge in [-0.1, -0.05) is 43.6 Å². The van der Waals surface area contributed by atoms with Crippen LogP contribution < -0.4 is 26.7 Å². The van der Waals surface area contributed by atoms with Gasteiger partial charge in [-0.3, -0.25) is 9.79 Å². The quantitative estimate of drug-likeness (QED) is 0.404. The van der Waals surface area contributed by atoms with Gasteiger partial charge in [0.25, 0.3) is 0 Å². The van der Waals surface area contributed by atoms with Gasteiger partial charge in [-0.15, -0.1) is 0 Å². The maximum Gasteiger partial charge on any atom is 0.407 e. The number of alkyl carbamates (subject to hydrolysis) is 2. The molecule has 34 heavy (non-hydrogen) atoms. The molecule has 0 saturated carbocycles. The van der Waals surface area contributed by atoms with Gasteiger partial charge in [0, 0.05) is 13.1 Å². The highest BCUT2D eigenvalue weighted by molar-refractivity contribution is 6.32. The van der Waals surface area contributed by atoms with Crippen molar-refractivity contribution in [2.24, 2.45) is 10.9 Å². The number of methoxy groups -OCH3 is 1. The lowest BCUT2D eigenvalue weighted by Gasteiger charge is -2.26. The molecule has 3 amide bonds. The Morgan fingerprint density at radius 2 is 1.79 bits per heavy atom. The summed E-state index contributed by atoms with van der Waals surface area (Å²) in [5.74, 6) is -0.0763. The second-order valence-electron chi connectivity index (χ2n) is 9.62. The molecule has 0 spiro atoms. The van der Waals surface area contributed by atoms with Crippen LogP contribution in [0.2, 0.25) is 0 Å². The highest BCUT2D eigenvalue weighted by Crippen LogP contribution is 2.20. The molecule has 1 aromatic carbocycles. The number of hydrogen-bond donors (Lipinski definition) is 4. The van der Waals surface area contributed by atoms with Crippen LogP contribution in [0.3, 0.4) is 0 Å². The standard InChI is InChI=1S/C23H36BN5O5/c1-13(2)18(29-22(32)33-6)20(30)28-17(12-26-21(31)34-23(3,4)5)19-25-11-16(27-19)14-7-9-15(24)10-8-14/h7-10,13,16-18H,11-12,24H2,1-6H3,(H,25,27)(H,26,31)(H,28,30)(H,29,32)/t16?,17-,18-/m0/s1. The maximum atomic E-state index is 13.1. The number of carbonyl (C=O) groups is 3. The van der Waals surface area contributed by atoms with Crippen molar-refractivity contribution in [3.05, 3.63) is 29.8 Å². The van der Waals surface area contributed by atoms with E-state index >= 15 is 0 Å². The first-order valence-electron chi connectivity index (χ1n) is 11.4. The number of nitrogens with zero attached hydrogens (tertiary/aromatic N) is 1. The molecule has 1 heterocycles. The van der Waals surface area contributed by atoms with E-state index in [-0.39, 0.29) is 18.5 Å². The summed E-state index contributed by atoms with van der Waals surface area (Å²) < 4.78 is 9.96. The Morgan fingerprint density at radius 3 is 2.35 bits per heavy atom. The van der Waals surface area contributed by atoms with E-state index in [2.05, 4.69) is 26.0 Å². The average Bonchev–Trinajstić information content (AvgIpc) is 3.23. The van der Waals surface area contributed by atoms with Crippen molar-refractivity contribution in [1.29, 1.82) is 0 Å². The topological polar surface area (TPSA) is 130 Å². The maximum absolute atomic E-state index is 13.1. The highest BCUT2D eigenvalue weighted by Gasteiger charge is 2.31. The van der Waals surface area contributed by atoms with Crippen LogP contribution in [0.1, 0.15) is 46.2 Å². The minimum absolute atomic E-state index is 0.0517. The Bertz CT molecular complexity index is 898. The number of amidine groups is 1. The summed E-state index contributed by atoms with van der Waals surface area (Å²) >= 11 is 0. The van der Waals surface area contributed by atoms with Crippen molar-refractivity contribution >= 4 is 37.2 Å². The van der Waals surface area contributed by atoms with Crippen molar-refractivity contribution < 1.29 is 23.9 Å². The molecule has 1 unspecified atom stereocenters. The third kappa shape index (κ3) is 8.28. The summed E-state index contributed by atoms with van der Waals surface area (Å²) in [6.07, 6.45) is -1.30. The van der Waals surface area contributed by atoms with Crippen LogP contribution in [0.4, 0.5) is 9.59 Å². The third-order valence-corrected chi connectivity index (χ3v) is 5.14. The summed E-state index contributed by atoms with van der Waals surface area (Å²) in [5, 5.41) is 11.4. The zero-order valence-electron chi connectivity index (χ0n) is 21.0. The van der Waals surface area contributed by atoms with Crippen molar-refractivity contribution in [3.63, 3.8) is 0 Å². The van der Waals surface area contributed by atoms with Gasteiger partial charge in [-0.05, 0) is 32.3 Å². The van der Waals surface area contributed by atoms with Crippen molar-refractivity contribution in [2.75, 3.05) is 20.2 Å². The monoisotopic (exact) mass is 473 g/mol. The molecule has 0 aliphatic carbocycles. The van der Waals surface area contributed by atoms with Crippen LogP contribution in [0.5, 0.6) is 0 Å². The molecule has 4 N–H and O–H groups in total. The first kappa shape index (κ1) is 27.0. The van der Waals surface area contributed by atoms with Gasteiger partial charge < -0.3 is 30.7 Å². The largest absolute Gasteiger partial charge is 0.453 e. The summed E-state index contributed by atoms with van der Waals surface area (Å²) in [7, 11) is 3.26. The molecule has 0 bridgehead atoms. The van der Waals surface area contributed by atoms with Gasteiger partial charge in [0.15, 0.2) is 0 Å². The minimum Gasteiger partial charge on any atom is -0.453 e. The number of aliphatic imine (C=N–C) groups is 1. The number of rotatable bonds is 8. The van der Waals surface area contributed by atoms with Crippen molar-refractivity contribution in [1.82, 2.24) is 21.3 Å². The van der Waals surface area contributed by atoms with Gasteiger partial charge in [-0.25, -0.2) is 9.59 Å². The molecule has 1 aromatic rings. The molecule has 0 saturated heterocycles. The number of ether oxygens (including phenoxy) is 2. The molecule has 11 heteroatoms. The molecular formula is C23H36BN5O5. The molecule has 1 aliphatic rings. The van der Waals surface area contributed by atoms with E-state index in [4.69, 9.17) is 9.73 Å². The van der Waals surface area contributed by atoms with Gasteiger partial charge in [-0.2, -0.15) is 0 Å². The number of nitrogens with one attached hydrogen (secondary N) is 4. The third-order valence-electron chi connectivity index (χ3n) is 5.14. The van der Waals surface area contributed by atoms with Crippen LogP contribution in [-0.4, -0.2) is 69.7 Å². The van der Waals surface area contributed by atoms with Crippen LogP contribution in [0.15, 0.2) is 29.3 Å². The molecule has 0 fully saturated rings. The summed E-state index contributed by atoms with van der Waals surface area (Å²) in [6, 6.07) is 6.49. The molecule has 2 rings (SSSR count). The first-order valence-corrected chi connectivity index (χ1v) is 11.4. The van der Waals surface area contributed by atoms with E-state index in [1.807, 2.05) is 46.0 Å². The Morgan fingerprint density at radius 1 is 1.15 bits per heavy atom. The molecule has 0 aromatic heterocycles. The Hall–Kier alpha value is -3.24. The van der Waals surface area contributed by atoms with E-state index in [0.29, 0.717) is 12.4 Å². The lowest BCUT2D eigenvalue weighted by atomic mass is 9.94. The van der Waals surface area contributed by atoms with E-state index < -0.39 is 35.8 Å². The van der Waals surface area contributed by atoms with E-state index in [1.54, 1.807) is 20.8 Å². The van der Waals surface area contributed by atoms with Gasteiger partial charge in [0.2, 0.25) is 5.91 Å². The number of benzene rings is 1. The van der Waals surface area contributed by atoms with E-state index in [1.165, 1.54) is 7.11 Å². The van der Waals surface area contributed by atoms with Gasteiger partial charge >= 0.3 is 12.2 Å². The smallest absolute Gasteiger partial charge is 0.407 e. The SMILES string of the molecule is Bc1ccc(C2CNC([C@H](CNC(=O)OC(C)(C)C)NC(=O)[C@@H](NC(=O)OC)C(C)C)=N2)cc1. The molecule has 1 aliphatic heterocycles. The zero-order chi connectivity index (χ0) is 25.5. The van der Waals surface area contributed by atoms with Crippen LogP contribution in [-0.2, 0) is 14.3 Å². The Labute approximate surface area is 202 Å². The zero-order valence-corrected chi connectivity index (χ0v) is 21.0. The summed E-state index contributed by atoms with van der Waals surface area (Å²) in [4.78, 5) is 41.8. The predicted molar refractivity (Wildman–Crippen MR) is 133 cm³/mol. The minimum atomic E-state index is -0.827. The predicted octanol–water partition coefficient (Wildman–Crippen LogP) is 0.378. The summed E-state index contributed by atoms with van der Waals surface area (Å²) in [6.45, 7) is 9.55. The van der Waals surface area contributed by atoms with Crippen LogP contribution >= 0.6 is 0 Å². The van der Waals surface area contributed by atoms with Crippen LogP contribution in [0, 0.1) is 5.92 Å². The Kier molecular flexibility index (Phi) is 9.34. The normalized spacial score (nSPS) is 17.1. The van der Waals surface area contributed by atoms with E-state index in [0.717, 1.165) is 11.0 Å². The first-order chi connectivity index (χ1) is 15.9.